The highest BCUT2D eigenvalue weighted by molar-refractivity contribution is 9.10. The minimum atomic E-state index is -0.360. The van der Waals surface area contributed by atoms with Gasteiger partial charge >= 0.3 is 0 Å². The van der Waals surface area contributed by atoms with Crippen LogP contribution in [0.1, 0.15) is 11.1 Å². The van der Waals surface area contributed by atoms with Gasteiger partial charge in [-0.25, -0.2) is 0 Å². The summed E-state index contributed by atoms with van der Waals surface area (Å²) in [6.45, 7) is 2.88. The second-order valence-electron chi connectivity index (χ2n) is 6.03. The smallest absolute Gasteiger partial charge is 0.237 e. The summed E-state index contributed by atoms with van der Waals surface area (Å²) in [5.74, 6) is 0.478. The Kier molecular flexibility index (Phi) is 6.07. The summed E-state index contributed by atoms with van der Waals surface area (Å²) in [7, 11) is 0. The zero-order valence-corrected chi connectivity index (χ0v) is 15.4. The number of rotatable bonds is 6. The van der Waals surface area contributed by atoms with Crippen molar-refractivity contribution in [2.75, 3.05) is 19.8 Å². The van der Waals surface area contributed by atoms with Gasteiger partial charge in [0.25, 0.3) is 0 Å². The quantitative estimate of drug-likeness (QED) is 0.803. The van der Waals surface area contributed by atoms with Crippen LogP contribution in [-0.2, 0) is 22.7 Å². The summed E-state index contributed by atoms with van der Waals surface area (Å²) in [4.78, 5) is 13.6. The Bertz CT molecular complexity index is 721. The molecule has 0 radical (unpaired) electrons. The molecule has 3 rings (SSSR count). The Labute approximate surface area is 155 Å². The van der Waals surface area contributed by atoms with Crippen LogP contribution in [0.3, 0.4) is 0 Å². The second-order valence-corrected chi connectivity index (χ2v) is 6.94. The van der Waals surface area contributed by atoms with Gasteiger partial charge in [-0.15, -0.1) is 0 Å². The van der Waals surface area contributed by atoms with E-state index in [0.29, 0.717) is 32.9 Å². The van der Waals surface area contributed by atoms with Crippen LogP contribution in [0.4, 0.5) is 0 Å². The number of carbonyl (C=O) groups is 1. The molecule has 1 fully saturated rings. The highest BCUT2D eigenvalue weighted by Crippen LogP contribution is 2.18. The highest BCUT2D eigenvalue weighted by atomic mass is 79.9. The fourth-order valence-electron chi connectivity index (χ4n) is 2.81. The Hall–Kier alpha value is -1.89. The second kappa shape index (κ2) is 8.47. The largest absolute Gasteiger partial charge is 0.489 e. The van der Waals surface area contributed by atoms with Gasteiger partial charge in [0.2, 0.25) is 5.91 Å². The number of primary amides is 1. The van der Waals surface area contributed by atoms with Crippen molar-refractivity contribution in [3.63, 3.8) is 0 Å². The molecular formula is C19H21BrN2O3. The molecule has 132 valence electrons. The van der Waals surface area contributed by atoms with E-state index in [4.69, 9.17) is 15.2 Å². The van der Waals surface area contributed by atoms with Gasteiger partial charge in [0, 0.05) is 17.6 Å². The Balaban J connectivity index is 1.57. The van der Waals surface area contributed by atoms with Gasteiger partial charge in [-0.05, 0) is 35.4 Å². The number of nitrogens with zero attached hydrogens (tertiary/aromatic N) is 1. The van der Waals surface area contributed by atoms with Crippen LogP contribution in [0, 0.1) is 0 Å². The molecule has 2 aromatic carbocycles. The van der Waals surface area contributed by atoms with E-state index in [1.807, 2.05) is 48.5 Å². The van der Waals surface area contributed by atoms with E-state index in [1.165, 1.54) is 0 Å². The van der Waals surface area contributed by atoms with E-state index in [0.717, 1.165) is 21.3 Å². The lowest BCUT2D eigenvalue weighted by atomic mass is 10.1. The van der Waals surface area contributed by atoms with Crippen LogP contribution in [0.5, 0.6) is 5.75 Å². The number of morpholine rings is 1. The van der Waals surface area contributed by atoms with Crippen LogP contribution in [0.2, 0.25) is 0 Å². The lowest BCUT2D eigenvalue weighted by molar-refractivity contribution is -0.129. The molecule has 1 aliphatic heterocycles. The van der Waals surface area contributed by atoms with Crippen molar-refractivity contribution in [2.24, 2.45) is 5.73 Å². The van der Waals surface area contributed by atoms with Gasteiger partial charge in [-0.3, -0.25) is 9.69 Å². The maximum atomic E-state index is 11.5. The molecule has 0 aromatic heterocycles. The number of halogens is 1. The number of hydrogen-bond acceptors (Lipinski definition) is 4. The molecule has 2 N–H and O–H groups in total. The first kappa shape index (κ1) is 17.9. The van der Waals surface area contributed by atoms with Crippen LogP contribution in [0.15, 0.2) is 53.0 Å². The minimum absolute atomic E-state index is 0.339. The summed E-state index contributed by atoms with van der Waals surface area (Å²) in [6, 6.07) is 15.6. The van der Waals surface area contributed by atoms with Crippen molar-refractivity contribution >= 4 is 21.8 Å². The maximum absolute atomic E-state index is 11.5. The number of hydrogen-bond donors (Lipinski definition) is 1. The van der Waals surface area contributed by atoms with E-state index >= 15 is 0 Å². The molecule has 2 aromatic rings. The fraction of sp³-hybridized carbons (Fsp3) is 0.316. The van der Waals surface area contributed by atoms with Gasteiger partial charge in [0.05, 0.1) is 13.2 Å². The summed E-state index contributed by atoms with van der Waals surface area (Å²) in [5, 5.41) is 0. The normalized spacial score (nSPS) is 18.0. The molecule has 0 saturated carbocycles. The zero-order chi connectivity index (χ0) is 17.6. The van der Waals surface area contributed by atoms with Gasteiger partial charge in [-0.2, -0.15) is 0 Å². The SMILES string of the molecule is NC(=O)C1COCCN1Cc1ccc(OCc2cccc(Br)c2)cc1. The molecule has 1 unspecified atom stereocenters. The highest BCUT2D eigenvalue weighted by Gasteiger charge is 2.27. The molecule has 25 heavy (non-hydrogen) atoms. The van der Waals surface area contributed by atoms with E-state index < -0.39 is 0 Å². The standard InChI is InChI=1S/C19H21BrN2O3/c20-16-3-1-2-15(10-16)12-25-17-6-4-14(5-7-17)11-22-8-9-24-13-18(22)19(21)23/h1-7,10,18H,8-9,11-13H2,(H2,21,23). The predicted molar refractivity (Wildman–Crippen MR) is 99.1 cm³/mol. The average Bonchev–Trinajstić information content (AvgIpc) is 2.61. The lowest BCUT2D eigenvalue weighted by Crippen LogP contribution is -2.51. The third-order valence-corrected chi connectivity index (χ3v) is 4.66. The first-order valence-corrected chi connectivity index (χ1v) is 8.98. The molecule has 0 aliphatic carbocycles. The number of nitrogens with two attached hydrogens (primary N) is 1. The van der Waals surface area contributed by atoms with Crippen molar-refractivity contribution in [1.29, 1.82) is 0 Å². The van der Waals surface area contributed by atoms with E-state index in [-0.39, 0.29) is 11.9 Å². The van der Waals surface area contributed by atoms with Crippen LogP contribution in [0.25, 0.3) is 0 Å². The van der Waals surface area contributed by atoms with E-state index in [9.17, 15) is 4.79 Å². The molecule has 1 amide bonds. The van der Waals surface area contributed by atoms with Crippen molar-refractivity contribution in [1.82, 2.24) is 4.90 Å². The van der Waals surface area contributed by atoms with Crippen molar-refractivity contribution in [2.45, 2.75) is 19.2 Å². The fourth-order valence-corrected chi connectivity index (χ4v) is 3.26. The van der Waals surface area contributed by atoms with Crippen LogP contribution >= 0.6 is 15.9 Å². The summed E-state index contributed by atoms with van der Waals surface area (Å²) in [6.07, 6.45) is 0. The van der Waals surface area contributed by atoms with Gasteiger partial charge in [-0.1, -0.05) is 40.2 Å². The van der Waals surface area contributed by atoms with Gasteiger partial charge < -0.3 is 15.2 Å². The molecule has 0 spiro atoms. The zero-order valence-electron chi connectivity index (χ0n) is 13.9. The number of carbonyl (C=O) groups excluding carboxylic acids is 1. The average molecular weight is 405 g/mol. The first-order valence-electron chi connectivity index (χ1n) is 8.19. The molecule has 1 heterocycles. The number of amides is 1. The molecule has 0 bridgehead atoms. The third-order valence-electron chi connectivity index (χ3n) is 4.17. The van der Waals surface area contributed by atoms with Crippen LogP contribution < -0.4 is 10.5 Å². The van der Waals surface area contributed by atoms with Crippen molar-refractivity contribution in [3.8, 4) is 5.75 Å². The maximum Gasteiger partial charge on any atom is 0.237 e. The van der Waals surface area contributed by atoms with E-state index in [1.54, 1.807) is 0 Å². The van der Waals surface area contributed by atoms with Crippen LogP contribution in [-0.4, -0.2) is 36.6 Å². The van der Waals surface area contributed by atoms with E-state index in [2.05, 4.69) is 20.8 Å². The topological polar surface area (TPSA) is 64.8 Å². The van der Waals surface area contributed by atoms with Crippen molar-refractivity contribution in [3.05, 3.63) is 64.1 Å². The number of ether oxygens (including phenoxy) is 2. The Morgan fingerprint density at radius 1 is 1.24 bits per heavy atom. The Morgan fingerprint density at radius 3 is 2.76 bits per heavy atom. The molecular weight excluding hydrogens is 384 g/mol. The molecule has 6 heteroatoms. The molecule has 5 nitrogen and oxygen atoms in total. The van der Waals surface area contributed by atoms with Gasteiger partial charge in [0.15, 0.2) is 0 Å². The monoisotopic (exact) mass is 404 g/mol. The molecule has 1 aliphatic rings. The molecule has 1 saturated heterocycles. The minimum Gasteiger partial charge on any atom is -0.489 e. The predicted octanol–water partition coefficient (Wildman–Crippen LogP) is 2.71. The summed E-state index contributed by atoms with van der Waals surface area (Å²) >= 11 is 3.46. The Morgan fingerprint density at radius 2 is 2.04 bits per heavy atom. The molecule has 1 atom stereocenters. The van der Waals surface area contributed by atoms with Gasteiger partial charge in [0.1, 0.15) is 18.4 Å². The lowest BCUT2D eigenvalue weighted by Gasteiger charge is -2.33. The summed E-state index contributed by atoms with van der Waals surface area (Å²) in [5.41, 5.74) is 7.68. The third kappa shape index (κ3) is 5.04. The number of benzene rings is 2. The van der Waals surface area contributed by atoms with Crippen molar-refractivity contribution < 1.29 is 14.3 Å². The first-order chi connectivity index (χ1) is 12.1. The summed E-state index contributed by atoms with van der Waals surface area (Å²) < 4.78 is 12.2.